The highest BCUT2D eigenvalue weighted by atomic mass is 16.5. The topological polar surface area (TPSA) is 71.4 Å². The second-order valence-corrected chi connectivity index (χ2v) is 16.5. The minimum absolute atomic E-state index is 0.00905. The summed E-state index contributed by atoms with van der Waals surface area (Å²) in [5.41, 5.74) is 10.4. The summed E-state index contributed by atoms with van der Waals surface area (Å²) in [4.78, 5) is 31.6. The largest absolute Gasteiger partial charge is 0.466 e. The van der Waals surface area contributed by atoms with Crippen LogP contribution >= 0.6 is 0 Å². The standard InChI is InChI=1S/C54H45N3O4/c1-53(2)44-25-15-16-26-46(44)56-48(53)34-45(54(49(51(58)60-3)50(56)52(59)61-4)42-23-13-11-21-40(42)41-22-12-14-24-43(41)54)36-28-31-39(32-29-36)57-47(37-19-9-6-10-20-37)33-38(55-57)30-27-35-17-7-5-8-18-35/h5-32,34,45,47H,33H2,1-4H3/b30-27+. The molecule has 7 nitrogen and oxygen atoms in total. The molecule has 0 aromatic heterocycles. The average Bonchev–Trinajstić information content (AvgIpc) is 3.90. The molecule has 300 valence electrons. The Balaban J connectivity index is 1.21. The van der Waals surface area contributed by atoms with Crippen LogP contribution in [0.15, 0.2) is 192 Å². The van der Waals surface area contributed by atoms with Crippen LogP contribution < -0.4 is 9.91 Å². The molecule has 0 N–H and O–H groups in total. The number of para-hydroxylation sites is 1. The van der Waals surface area contributed by atoms with Crippen LogP contribution in [0, 0.1) is 0 Å². The number of rotatable bonds is 7. The summed E-state index contributed by atoms with van der Waals surface area (Å²) in [7, 11) is 2.76. The van der Waals surface area contributed by atoms with Crippen molar-refractivity contribution in [2.24, 2.45) is 5.10 Å². The molecule has 1 aliphatic carbocycles. The van der Waals surface area contributed by atoms with Crippen LogP contribution in [0.3, 0.4) is 0 Å². The number of hydrazone groups is 1. The fraction of sp³-hybridized carbons (Fsp3) is 0.167. The number of anilines is 2. The van der Waals surface area contributed by atoms with Crippen LogP contribution in [0.5, 0.6) is 0 Å². The molecule has 1 spiro atoms. The van der Waals surface area contributed by atoms with Gasteiger partial charge in [0.1, 0.15) is 5.70 Å². The van der Waals surface area contributed by atoms with E-state index in [0.29, 0.717) is 0 Å². The van der Waals surface area contributed by atoms with Crippen molar-refractivity contribution in [2.45, 2.75) is 43.1 Å². The first kappa shape index (κ1) is 38.0. The Labute approximate surface area is 356 Å². The van der Waals surface area contributed by atoms with Crippen LogP contribution in [-0.2, 0) is 29.9 Å². The number of hydrogen-bond acceptors (Lipinski definition) is 7. The van der Waals surface area contributed by atoms with E-state index in [9.17, 15) is 9.59 Å². The number of nitrogens with zero attached hydrogens (tertiary/aromatic N) is 3. The first-order chi connectivity index (χ1) is 29.8. The van der Waals surface area contributed by atoms with Gasteiger partial charge in [-0.25, -0.2) is 9.59 Å². The van der Waals surface area contributed by atoms with Gasteiger partial charge in [0.15, 0.2) is 0 Å². The molecular weight excluding hydrogens is 755 g/mol. The average molecular weight is 800 g/mol. The number of methoxy groups -OCH3 is 2. The second kappa shape index (κ2) is 14.8. The minimum atomic E-state index is -1.21. The van der Waals surface area contributed by atoms with Gasteiger partial charge in [0.25, 0.3) is 0 Å². The number of allylic oxidation sites excluding steroid dienone is 3. The molecule has 2 atom stereocenters. The van der Waals surface area contributed by atoms with Crippen molar-refractivity contribution in [1.82, 2.24) is 0 Å². The van der Waals surface area contributed by atoms with E-state index in [2.05, 4.69) is 128 Å². The summed E-state index contributed by atoms with van der Waals surface area (Å²) in [5.74, 6) is -1.71. The molecule has 2 unspecified atom stereocenters. The van der Waals surface area contributed by atoms with Gasteiger partial charge in [0, 0.05) is 23.5 Å². The van der Waals surface area contributed by atoms with Crippen LogP contribution in [0.2, 0.25) is 0 Å². The van der Waals surface area contributed by atoms with E-state index < -0.39 is 28.7 Å². The number of ether oxygens (including phenoxy) is 2. The quantitative estimate of drug-likeness (QED) is 0.150. The van der Waals surface area contributed by atoms with Crippen LogP contribution in [-0.4, -0.2) is 31.9 Å². The predicted molar refractivity (Wildman–Crippen MR) is 242 cm³/mol. The van der Waals surface area contributed by atoms with Crippen molar-refractivity contribution < 1.29 is 19.1 Å². The maximum atomic E-state index is 15.0. The molecule has 0 saturated heterocycles. The number of hydrogen-bond donors (Lipinski definition) is 0. The molecule has 0 radical (unpaired) electrons. The Morgan fingerprint density at radius 1 is 0.639 bits per heavy atom. The fourth-order valence-corrected chi connectivity index (χ4v) is 10.3. The lowest BCUT2D eigenvalue weighted by Crippen LogP contribution is -2.41. The highest BCUT2D eigenvalue weighted by Gasteiger charge is 2.59. The zero-order valence-electron chi connectivity index (χ0n) is 34.6. The van der Waals surface area contributed by atoms with Crippen molar-refractivity contribution in [3.05, 3.63) is 220 Å². The third kappa shape index (κ3) is 5.82. The van der Waals surface area contributed by atoms with Gasteiger partial charge in [-0.05, 0) is 68.8 Å². The Morgan fingerprint density at radius 2 is 1.21 bits per heavy atom. The van der Waals surface area contributed by atoms with Crippen molar-refractivity contribution in [1.29, 1.82) is 0 Å². The van der Waals surface area contributed by atoms with Gasteiger partial charge < -0.3 is 14.4 Å². The van der Waals surface area contributed by atoms with E-state index >= 15 is 0 Å². The van der Waals surface area contributed by atoms with Crippen LogP contribution in [0.25, 0.3) is 17.2 Å². The highest BCUT2D eigenvalue weighted by Crippen LogP contribution is 2.64. The zero-order valence-corrected chi connectivity index (χ0v) is 34.6. The summed E-state index contributed by atoms with van der Waals surface area (Å²) < 4.78 is 11.4. The molecule has 0 amide bonds. The van der Waals surface area contributed by atoms with Gasteiger partial charge in [-0.15, -0.1) is 0 Å². The molecule has 7 heteroatoms. The minimum Gasteiger partial charge on any atom is -0.466 e. The molecule has 0 bridgehead atoms. The summed E-state index contributed by atoms with van der Waals surface area (Å²) in [6.45, 7) is 4.36. The lowest BCUT2D eigenvalue weighted by Gasteiger charge is -2.40. The van der Waals surface area contributed by atoms with Crippen molar-refractivity contribution >= 4 is 35.1 Å². The number of carbonyl (C=O) groups is 2. The van der Waals surface area contributed by atoms with E-state index in [1.807, 2.05) is 71.6 Å². The number of fused-ring (bicyclic) bond motifs is 8. The lowest BCUT2D eigenvalue weighted by atomic mass is 9.60. The third-order valence-electron chi connectivity index (χ3n) is 13.0. The fourth-order valence-electron chi connectivity index (χ4n) is 10.3. The van der Waals surface area contributed by atoms with Crippen molar-refractivity contribution in [2.75, 3.05) is 24.1 Å². The molecular formula is C54H45N3O4. The number of esters is 2. The molecule has 0 saturated carbocycles. The molecule has 61 heavy (non-hydrogen) atoms. The zero-order chi connectivity index (χ0) is 41.9. The summed E-state index contributed by atoms with van der Waals surface area (Å²) in [6.07, 6.45) is 7.27. The highest BCUT2D eigenvalue weighted by molar-refractivity contribution is 6.09. The Kier molecular flexibility index (Phi) is 9.21. The monoisotopic (exact) mass is 799 g/mol. The molecule has 0 fully saturated rings. The lowest BCUT2D eigenvalue weighted by molar-refractivity contribution is -0.140. The van der Waals surface area contributed by atoms with E-state index in [-0.39, 0.29) is 17.3 Å². The Hall–Kier alpha value is -7.25. The van der Waals surface area contributed by atoms with E-state index in [1.54, 1.807) is 0 Å². The Bertz CT molecular complexity index is 2790. The second-order valence-electron chi connectivity index (χ2n) is 16.5. The van der Waals surface area contributed by atoms with Gasteiger partial charge in [-0.1, -0.05) is 166 Å². The number of carbonyl (C=O) groups excluding carboxylic acids is 2. The van der Waals surface area contributed by atoms with Gasteiger partial charge in [0.2, 0.25) is 0 Å². The third-order valence-corrected chi connectivity index (χ3v) is 13.0. The molecule has 4 aliphatic rings. The van der Waals surface area contributed by atoms with Crippen molar-refractivity contribution in [3.8, 4) is 11.1 Å². The normalized spacial score (nSPS) is 19.1. The van der Waals surface area contributed by atoms with E-state index in [4.69, 9.17) is 14.6 Å². The summed E-state index contributed by atoms with van der Waals surface area (Å²) in [5, 5.41) is 7.34. The van der Waals surface area contributed by atoms with Gasteiger partial charge in [-0.2, -0.15) is 5.10 Å². The van der Waals surface area contributed by atoms with Gasteiger partial charge in [-0.3, -0.25) is 5.01 Å². The SMILES string of the molecule is COC(=O)C1=C(C(=O)OC)C2(c3ccccc3-c3ccccc32)C(c2ccc(N3N=C(/C=C/c4ccccc4)CC3c3ccccc3)cc2)C=C2N1c1ccccc1C2(C)C. The van der Waals surface area contributed by atoms with Crippen LogP contribution in [0.1, 0.15) is 65.6 Å². The molecule has 3 aliphatic heterocycles. The van der Waals surface area contributed by atoms with E-state index in [0.717, 1.165) is 68.1 Å². The maximum Gasteiger partial charge on any atom is 0.355 e. The predicted octanol–water partition coefficient (Wildman–Crippen LogP) is 11.1. The maximum absolute atomic E-state index is 15.0. The molecule has 10 rings (SSSR count). The van der Waals surface area contributed by atoms with Gasteiger partial charge >= 0.3 is 11.9 Å². The first-order valence-corrected chi connectivity index (χ1v) is 20.7. The van der Waals surface area contributed by atoms with Crippen molar-refractivity contribution in [3.63, 3.8) is 0 Å². The first-order valence-electron chi connectivity index (χ1n) is 20.7. The Morgan fingerprint density at radius 3 is 1.85 bits per heavy atom. The summed E-state index contributed by atoms with van der Waals surface area (Å²) >= 11 is 0. The van der Waals surface area contributed by atoms with Crippen LogP contribution in [0.4, 0.5) is 11.4 Å². The smallest absolute Gasteiger partial charge is 0.355 e. The summed E-state index contributed by atoms with van der Waals surface area (Å²) in [6, 6.07) is 53.9. The molecule has 6 aromatic carbocycles. The van der Waals surface area contributed by atoms with Gasteiger partial charge in [0.05, 0.1) is 48.3 Å². The molecule has 3 heterocycles. The molecule has 6 aromatic rings. The number of benzene rings is 6. The van der Waals surface area contributed by atoms with E-state index in [1.165, 1.54) is 19.8 Å².